The topological polar surface area (TPSA) is 12.5 Å². The van der Waals surface area contributed by atoms with Crippen LogP contribution in [-0.4, -0.2) is 43.1 Å². The Hall–Kier alpha value is -1.29. The molecule has 0 saturated carbocycles. The summed E-state index contributed by atoms with van der Waals surface area (Å²) in [4.78, 5) is -0.254. The van der Waals surface area contributed by atoms with Crippen molar-refractivity contribution < 1.29 is 44.3 Å². The average molecular weight is 319 g/mol. The Labute approximate surface area is 107 Å². The van der Waals surface area contributed by atoms with Crippen molar-refractivity contribution >= 4 is 0 Å². The molecule has 11 heteroatoms. The lowest BCUT2D eigenvalue weighted by atomic mass is 10.4. The molecule has 0 unspecified atom stereocenters. The van der Waals surface area contributed by atoms with Crippen LogP contribution in [0.1, 0.15) is 6.92 Å². The van der Waals surface area contributed by atoms with E-state index in [0.29, 0.717) is 7.05 Å². The summed E-state index contributed by atoms with van der Waals surface area (Å²) in [5.41, 5.74) is 0. The molecule has 0 saturated heterocycles. The van der Waals surface area contributed by atoms with Gasteiger partial charge in [0.25, 0.3) is 0 Å². The number of allylic oxidation sites excluding steroid dienone is 1. The van der Waals surface area contributed by atoms with Crippen molar-refractivity contribution in [2.75, 3.05) is 13.7 Å². The lowest BCUT2D eigenvalue weighted by Crippen LogP contribution is -2.35. The Balaban J connectivity index is 5.09. The van der Waals surface area contributed by atoms with Gasteiger partial charge in [-0.2, -0.15) is 30.7 Å². The molecule has 0 aromatic carbocycles. The van der Waals surface area contributed by atoms with E-state index in [1.807, 2.05) is 0 Å². The molecule has 0 N–H and O–H groups in total. The number of alkyl halides is 9. The number of hydrogen-bond acceptors (Lipinski definition) is 2. The lowest BCUT2D eigenvalue weighted by Gasteiger charge is -2.25. The van der Waals surface area contributed by atoms with Crippen molar-refractivity contribution in [3.63, 3.8) is 0 Å². The Kier molecular flexibility index (Phi) is 5.61. The molecule has 2 nitrogen and oxygen atoms in total. The van der Waals surface area contributed by atoms with Crippen molar-refractivity contribution in [2.24, 2.45) is 0 Å². The average Bonchev–Trinajstić information content (AvgIpc) is 2.20. The third-order valence-electron chi connectivity index (χ3n) is 1.95. The molecule has 0 bridgehead atoms. The number of ether oxygens (including phenoxy) is 1. The van der Waals surface area contributed by atoms with Gasteiger partial charge in [0.1, 0.15) is 0 Å². The first-order valence-electron chi connectivity index (χ1n) is 4.86. The van der Waals surface area contributed by atoms with Crippen molar-refractivity contribution in [3.8, 4) is 0 Å². The smallest absolute Gasteiger partial charge is 0.450 e. The zero-order valence-corrected chi connectivity index (χ0v) is 10.1. The van der Waals surface area contributed by atoms with E-state index < -0.39 is 36.9 Å². The molecule has 0 aliphatic rings. The minimum absolute atomic E-state index is 0.241. The van der Waals surface area contributed by atoms with E-state index in [1.54, 1.807) is 0 Å². The number of hydrogen-bond donors (Lipinski definition) is 0. The fourth-order valence-corrected chi connectivity index (χ4v) is 0.718. The SMILES string of the molecule is CN(C=C(OCC(F)(F)C(F)F)C(F)(F)F)C(C)(F)F. The molecule has 20 heavy (non-hydrogen) atoms. The summed E-state index contributed by atoms with van der Waals surface area (Å²) in [6, 6.07) is -3.73. The minimum Gasteiger partial charge on any atom is -0.481 e. The Morgan fingerprint density at radius 1 is 1.10 bits per heavy atom. The highest BCUT2D eigenvalue weighted by molar-refractivity contribution is 5.01. The van der Waals surface area contributed by atoms with Crippen LogP contribution in [0.2, 0.25) is 0 Å². The van der Waals surface area contributed by atoms with Crippen LogP contribution in [0.25, 0.3) is 0 Å². The summed E-state index contributed by atoms with van der Waals surface area (Å²) >= 11 is 0. The molecule has 0 spiro atoms. The van der Waals surface area contributed by atoms with E-state index in [-0.39, 0.29) is 18.0 Å². The summed E-state index contributed by atoms with van der Waals surface area (Å²) in [6.07, 6.45) is -9.93. The number of rotatable bonds is 6. The van der Waals surface area contributed by atoms with Crippen LogP contribution in [-0.2, 0) is 4.74 Å². The van der Waals surface area contributed by atoms with Crippen LogP contribution >= 0.6 is 0 Å². The van der Waals surface area contributed by atoms with Gasteiger partial charge in [0.2, 0.25) is 5.76 Å². The zero-order chi connectivity index (χ0) is 16.4. The van der Waals surface area contributed by atoms with E-state index in [0.717, 1.165) is 0 Å². The maximum absolute atomic E-state index is 12.7. The summed E-state index contributed by atoms with van der Waals surface area (Å²) in [6.45, 7) is -2.05. The van der Waals surface area contributed by atoms with E-state index >= 15 is 0 Å². The molecule has 0 atom stereocenters. The molecule has 0 aromatic rings. The van der Waals surface area contributed by atoms with Crippen LogP contribution in [0.5, 0.6) is 0 Å². The first-order chi connectivity index (χ1) is 8.68. The molecular weight excluding hydrogens is 309 g/mol. The summed E-state index contributed by atoms with van der Waals surface area (Å²) in [5, 5.41) is 0. The van der Waals surface area contributed by atoms with Crippen LogP contribution in [0.15, 0.2) is 12.0 Å². The lowest BCUT2D eigenvalue weighted by molar-refractivity contribution is -0.185. The second kappa shape index (κ2) is 6.00. The van der Waals surface area contributed by atoms with Gasteiger partial charge in [-0.15, -0.1) is 0 Å². The molecule has 0 aliphatic carbocycles. The monoisotopic (exact) mass is 319 g/mol. The van der Waals surface area contributed by atoms with Gasteiger partial charge in [0, 0.05) is 14.0 Å². The predicted molar refractivity (Wildman–Crippen MR) is 49.4 cm³/mol. The van der Waals surface area contributed by atoms with Crippen LogP contribution in [0.3, 0.4) is 0 Å². The quantitative estimate of drug-likeness (QED) is 0.419. The first kappa shape index (κ1) is 18.7. The van der Waals surface area contributed by atoms with Gasteiger partial charge >= 0.3 is 24.6 Å². The van der Waals surface area contributed by atoms with Crippen molar-refractivity contribution in [1.29, 1.82) is 0 Å². The maximum atomic E-state index is 12.7. The zero-order valence-electron chi connectivity index (χ0n) is 10.1. The maximum Gasteiger partial charge on any atom is 0.450 e. The van der Waals surface area contributed by atoms with Crippen molar-refractivity contribution in [3.05, 3.63) is 12.0 Å². The molecule has 0 amide bonds. The third kappa shape index (κ3) is 5.78. The van der Waals surface area contributed by atoms with Gasteiger partial charge in [-0.05, 0) is 0 Å². The first-order valence-corrected chi connectivity index (χ1v) is 4.86. The van der Waals surface area contributed by atoms with Gasteiger partial charge in [0.05, 0.1) is 6.20 Å². The van der Waals surface area contributed by atoms with Gasteiger partial charge in [-0.3, -0.25) is 0 Å². The van der Waals surface area contributed by atoms with Gasteiger partial charge in [-0.25, -0.2) is 8.78 Å². The molecule has 120 valence electrons. The van der Waals surface area contributed by atoms with Crippen LogP contribution in [0, 0.1) is 0 Å². The van der Waals surface area contributed by atoms with Crippen molar-refractivity contribution in [1.82, 2.24) is 4.90 Å². The molecule has 0 rings (SSSR count). The van der Waals surface area contributed by atoms with Crippen LogP contribution in [0.4, 0.5) is 39.5 Å². The normalized spacial score (nSPS) is 14.7. The third-order valence-corrected chi connectivity index (χ3v) is 1.95. The molecule has 0 aliphatic heterocycles. The fourth-order valence-electron chi connectivity index (χ4n) is 0.718. The van der Waals surface area contributed by atoms with Crippen LogP contribution < -0.4 is 0 Å². The van der Waals surface area contributed by atoms with E-state index in [1.165, 1.54) is 0 Å². The Bertz CT molecular complexity index is 344. The second-order valence-electron chi connectivity index (χ2n) is 3.79. The predicted octanol–water partition coefficient (Wildman–Crippen LogP) is 3.85. The standard InChI is InChI=1S/C9H10F9NO/c1-7(12,13)19(2)3-5(9(16,17)18)20-4-8(14,15)6(10)11/h3,6H,4H2,1-2H3. The molecule has 0 aromatic heterocycles. The molecule has 0 heterocycles. The largest absolute Gasteiger partial charge is 0.481 e. The highest BCUT2D eigenvalue weighted by atomic mass is 19.4. The highest BCUT2D eigenvalue weighted by Crippen LogP contribution is 2.31. The Morgan fingerprint density at radius 2 is 1.55 bits per heavy atom. The van der Waals surface area contributed by atoms with Gasteiger partial charge < -0.3 is 9.64 Å². The summed E-state index contributed by atoms with van der Waals surface area (Å²) < 4.78 is 114. The fraction of sp³-hybridized carbons (Fsp3) is 0.778. The molecular formula is C9H10F9NO. The van der Waals surface area contributed by atoms with E-state index in [2.05, 4.69) is 4.74 Å². The van der Waals surface area contributed by atoms with E-state index in [9.17, 15) is 39.5 Å². The van der Waals surface area contributed by atoms with E-state index in [4.69, 9.17) is 0 Å². The van der Waals surface area contributed by atoms with Gasteiger partial charge in [0.15, 0.2) is 6.61 Å². The Morgan fingerprint density at radius 3 is 1.85 bits per heavy atom. The van der Waals surface area contributed by atoms with Gasteiger partial charge in [-0.1, -0.05) is 0 Å². The van der Waals surface area contributed by atoms with Crippen molar-refractivity contribution in [2.45, 2.75) is 31.5 Å². The second-order valence-corrected chi connectivity index (χ2v) is 3.79. The minimum atomic E-state index is -5.39. The number of halogens is 9. The molecule has 0 radical (unpaired) electrons. The highest BCUT2D eigenvalue weighted by Gasteiger charge is 2.45. The molecule has 0 fully saturated rings. The number of nitrogens with zero attached hydrogens (tertiary/aromatic N) is 1. The summed E-state index contributed by atoms with van der Waals surface area (Å²) in [5.74, 6) is -7.07. The summed E-state index contributed by atoms with van der Waals surface area (Å²) in [7, 11) is 0.528.